The van der Waals surface area contributed by atoms with E-state index in [1.165, 1.54) is 5.56 Å². The van der Waals surface area contributed by atoms with E-state index >= 15 is 0 Å². The van der Waals surface area contributed by atoms with Crippen molar-refractivity contribution in [3.05, 3.63) is 104 Å². The van der Waals surface area contributed by atoms with Crippen LogP contribution in [0.3, 0.4) is 0 Å². The van der Waals surface area contributed by atoms with Crippen molar-refractivity contribution < 1.29 is 9.53 Å². The van der Waals surface area contributed by atoms with Crippen LogP contribution in [0.1, 0.15) is 22.3 Å². The smallest absolute Gasteiger partial charge is 0.261 e. The molecule has 1 heterocycles. The molecular formula is C28H23Br2N3O2. The first-order valence-electron chi connectivity index (χ1n) is 11.1. The van der Waals surface area contributed by atoms with Crippen LogP contribution in [0, 0.1) is 18.3 Å². The first-order chi connectivity index (χ1) is 16.9. The SMILES string of the molecule is Cc1ccc(COc2c(Br)cc(/C=C(/C#N)C(=O)NCCc3c[nH]c4ccccc34)cc2Br)cc1. The van der Waals surface area contributed by atoms with Gasteiger partial charge in [-0.25, -0.2) is 0 Å². The summed E-state index contributed by atoms with van der Waals surface area (Å²) < 4.78 is 7.43. The van der Waals surface area contributed by atoms with Crippen molar-refractivity contribution >= 4 is 54.7 Å². The third kappa shape index (κ3) is 6.21. The lowest BCUT2D eigenvalue weighted by Crippen LogP contribution is -2.26. The molecule has 0 radical (unpaired) electrons. The monoisotopic (exact) mass is 591 g/mol. The quantitative estimate of drug-likeness (QED) is 0.173. The number of ether oxygens (including phenoxy) is 1. The van der Waals surface area contributed by atoms with E-state index < -0.39 is 5.91 Å². The summed E-state index contributed by atoms with van der Waals surface area (Å²) in [6.45, 7) is 2.90. The van der Waals surface area contributed by atoms with Gasteiger partial charge < -0.3 is 15.0 Å². The molecule has 0 spiro atoms. The number of hydrogen-bond acceptors (Lipinski definition) is 3. The van der Waals surface area contributed by atoms with Gasteiger partial charge in [0.1, 0.15) is 24.0 Å². The summed E-state index contributed by atoms with van der Waals surface area (Å²) in [5.41, 5.74) is 5.19. The number of aromatic amines is 1. The average Bonchev–Trinajstić information content (AvgIpc) is 3.26. The number of aromatic nitrogens is 1. The number of H-pyrrole nitrogens is 1. The maximum atomic E-state index is 12.6. The lowest BCUT2D eigenvalue weighted by molar-refractivity contribution is -0.117. The summed E-state index contributed by atoms with van der Waals surface area (Å²) in [7, 11) is 0. The second-order valence-electron chi connectivity index (χ2n) is 8.12. The van der Waals surface area contributed by atoms with Crippen LogP contribution in [-0.2, 0) is 17.8 Å². The molecule has 7 heteroatoms. The number of hydrogen-bond donors (Lipinski definition) is 2. The van der Waals surface area contributed by atoms with Crippen LogP contribution in [0.25, 0.3) is 17.0 Å². The Morgan fingerprint density at radius 2 is 1.83 bits per heavy atom. The fourth-order valence-electron chi connectivity index (χ4n) is 3.70. The first-order valence-corrected chi connectivity index (χ1v) is 12.7. The second-order valence-corrected chi connectivity index (χ2v) is 9.83. The Hall–Kier alpha value is -3.34. The molecule has 1 amide bonds. The van der Waals surface area contributed by atoms with E-state index in [-0.39, 0.29) is 5.57 Å². The molecule has 5 nitrogen and oxygen atoms in total. The number of para-hydroxylation sites is 1. The Bertz CT molecular complexity index is 1410. The van der Waals surface area contributed by atoms with Crippen molar-refractivity contribution in [2.75, 3.05) is 6.54 Å². The highest BCUT2D eigenvalue weighted by Crippen LogP contribution is 2.36. The van der Waals surface area contributed by atoms with Gasteiger partial charge in [0.15, 0.2) is 0 Å². The summed E-state index contributed by atoms with van der Waals surface area (Å²) in [5, 5.41) is 13.6. The Labute approximate surface area is 221 Å². The Kier molecular flexibility index (Phi) is 8.06. The molecule has 0 aliphatic carbocycles. The Morgan fingerprint density at radius 3 is 2.54 bits per heavy atom. The maximum absolute atomic E-state index is 12.6. The number of nitrogens with one attached hydrogen (secondary N) is 2. The van der Waals surface area contributed by atoms with Crippen molar-refractivity contribution in [3.8, 4) is 11.8 Å². The molecule has 0 fully saturated rings. The van der Waals surface area contributed by atoms with E-state index in [1.54, 1.807) is 6.08 Å². The number of carbonyl (C=O) groups excluding carboxylic acids is 1. The van der Waals surface area contributed by atoms with Crippen molar-refractivity contribution in [2.45, 2.75) is 20.0 Å². The zero-order valence-electron chi connectivity index (χ0n) is 19.1. The zero-order valence-corrected chi connectivity index (χ0v) is 22.2. The molecule has 0 saturated carbocycles. The predicted molar refractivity (Wildman–Crippen MR) is 146 cm³/mol. The van der Waals surface area contributed by atoms with Crippen molar-refractivity contribution in [3.63, 3.8) is 0 Å². The predicted octanol–water partition coefficient (Wildman–Crippen LogP) is 6.85. The van der Waals surface area contributed by atoms with E-state index in [1.807, 2.05) is 79.9 Å². The average molecular weight is 593 g/mol. The Balaban J connectivity index is 1.40. The van der Waals surface area contributed by atoms with Crippen LogP contribution in [-0.4, -0.2) is 17.4 Å². The van der Waals surface area contributed by atoms with Crippen molar-refractivity contribution in [2.24, 2.45) is 0 Å². The normalized spacial score (nSPS) is 11.3. The van der Waals surface area contributed by atoms with Gasteiger partial charge in [-0.2, -0.15) is 5.26 Å². The third-order valence-corrected chi connectivity index (χ3v) is 6.73. The number of nitriles is 1. The summed E-state index contributed by atoms with van der Waals surface area (Å²) in [4.78, 5) is 15.9. The molecule has 0 aliphatic rings. The Morgan fingerprint density at radius 1 is 1.11 bits per heavy atom. The van der Waals surface area contributed by atoms with E-state index in [9.17, 15) is 10.1 Å². The number of amides is 1. The second kappa shape index (κ2) is 11.4. The van der Waals surface area contributed by atoms with Crippen LogP contribution in [0.5, 0.6) is 5.75 Å². The van der Waals surface area contributed by atoms with Crippen LogP contribution in [0.2, 0.25) is 0 Å². The molecule has 35 heavy (non-hydrogen) atoms. The third-order valence-electron chi connectivity index (χ3n) is 5.56. The lowest BCUT2D eigenvalue weighted by atomic mass is 10.1. The molecule has 0 saturated heterocycles. The highest BCUT2D eigenvalue weighted by atomic mass is 79.9. The molecule has 1 aromatic heterocycles. The minimum Gasteiger partial charge on any atom is -0.487 e. The topological polar surface area (TPSA) is 77.9 Å². The summed E-state index contributed by atoms with van der Waals surface area (Å²) in [6.07, 6.45) is 4.19. The van der Waals surface area contributed by atoms with E-state index in [0.717, 1.165) is 31.0 Å². The number of carbonyl (C=O) groups is 1. The fourth-order valence-corrected chi connectivity index (χ4v) is 5.15. The van der Waals surface area contributed by atoms with Gasteiger partial charge in [0.05, 0.1) is 8.95 Å². The molecule has 3 aromatic carbocycles. The molecule has 176 valence electrons. The maximum Gasteiger partial charge on any atom is 0.261 e. The van der Waals surface area contributed by atoms with Crippen LogP contribution >= 0.6 is 31.9 Å². The van der Waals surface area contributed by atoms with E-state index in [0.29, 0.717) is 30.9 Å². The van der Waals surface area contributed by atoms with Gasteiger partial charge in [-0.3, -0.25) is 4.79 Å². The molecule has 4 rings (SSSR count). The number of benzene rings is 3. The highest BCUT2D eigenvalue weighted by molar-refractivity contribution is 9.11. The number of halogens is 2. The molecule has 0 bridgehead atoms. The van der Waals surface area contributed by atoms with Gasteiger partial charge in [0.25, 0.3) is 5.91 Å². The first kappa shape index (κ1) is 24.8. The molecule has 0 unspecified atom stereocenters. The zero-order chi connectivity index (χ0) is 24.8. The van der Waals surface area contributed by atoms with Gasteiger partial charge in [-0.1, -0.05) is 48.0 Å². The molecule has 2 N–H and O–H groups in total. The van der Waals surface area contributed by atoms with Crippen LogP contribution in [0.4, 0.5) is 0 Å². The van der Waals surface area contributed by atoms with E-state index in [4.69, 9.17) is 4.74 Å². The van der Waals surface area contributed by atoms with Gasteiger partial charge in [-0.15, -0.1) is 0 Å². The molecule has 0 atom stereocenters. The van der Waals surface area contributed by atoms with E-state index in [2.05, 4.69) is 42.2 Å². The molecular weight excluding hydrogens is 570 g/mol. The molecule has 0 aliphatic heterocycles. The fraction of sp³-hybridized carbons (Fsp3) is 0.143. The minimum absolute atomic E-state index is 0.0380. The number of nitrogens with zero attached hydrogens (tertiary/aromatic N) is 1. The van der Waals surface area contributed by atoms with Gasteiger partial charge in [-0.05, 0) is 86.2 Å². The lowest BCUT2D eigenvalue weighted by Gasteiger charge is -2.12. The molecule has 4 aromatic rings. The van der Waals surface area contributed by atoms with Crippen LogP contribution < -0.4 is 10.1 Å². The largest absolute Gasteiger partial charge is 0.487 e. The van der Waals surface area contributed by atoms with Gasteiger partial charge in [0.2, 0.25) is 0 Å². The highest BCUT2D eigenvalue weighted by Gasteiger charge is 2.13. The van der Waals surface area contributed by atoms with Gasteiger partial charge >= 0.3 is 0 Å². The van der Waals surface area contributed by atoms with Gasteiger partial charge in [0, 0.05) is 23.6 Å². The minimum atomic E-state index is -0.403. The number of rotatable bonds is 8. The van der Waals surface area contributed by atoms with Crippen LogP contribution in [0.15, 0.2) is 81.4 Å². The van der Waals surface area contributed by atoms with Crippen molar-refractivity contribution in [1.29, 1.82) is 5.26 Å². The summed E-state index contributed by atoms with van der Waals surface area (Å²) in [5.74, 6) is 0.253. The summed E-state index contributed by atoms with van der Waals surface area (Å²) in [6, 6.07) is 21.9. The standard InChI is InChI=1S/C28H23Br2N3O2/c1-18-6-8-19(9-7-18)17-35-27-24(29)13-20(14-25(27)30)12-22(15-31)28(34)32-11-10-21-16-33-26-5-3-2-4-23(21)26/h2-9,12-14,16,33H,10-11,17H2,1H3,(H,32,34)/b22-12-. The van der Waals surface area contributed by atoms with Crippen molar-refractivity contribution in [1.82, 2.24) is 10.3 Å². The number of fused-ring (bicyclic) bond motifs is 1. The summed E-state index contributed by atoms with van der Waals surface area (Å²) >= 11 is 7.09. The number of aryl methyl sites for hydroxylation is 1.